The number of anilines is 1. The fraction of sp³-hybridized carbons (Fsp3) is 0.333. The zero-order valence-electron chi connectivity index (χ0n) is 11.5. The van der Waals surface area contributed by atoms with Gasteiger partial charge < -0.3 is 5.32 Å². The highest BCUT2D eigenvalue weighted by molar-refractivity contribution is 7.16. The number of nitrogens with one attached hydrogen (secondary N) is 1. The Balaban J connectivity index is 1.98. The third kappa shape index (κ3) is 3.96. The summed E-state index contributed by atoms with van der Waals surface area (Å²) in [6.07, 6.45) is 1.96. The van der Waals surface area contributed by atoms with E-state index in [1.54, 1.807) is 0 Å². The molecule has 0 saturated carbocycles. The topological polar surface area (TPSA) is 48.7 Å². The summed E-state index contributed by atoms with van der Waals surface area (Å²) in [4.78, 5) is 4.62. The van der Waals surface area contributed by atoms with Crippen LogP contribution in [0.5, 0.6) is 0 Å². The highest BCUT2D eigenvalue weighted by Crippen LogP contribution is 2.29. The third-order valence-electron chi connectivity index (χ3n) is 3.01. The fourth-order valence-corrected chi connectivity index (χ4v) is 3.00. The maximum atomic E-state index is 8.89. The van der Waals surface area contributed by atoms with E-state index in [4.69, 9.17) is 16.9 Å². The van der Waals surface area contributed by atoms with E-state index in [1.165, 1.54) is 16.9 Å². The van der Waals surface area contributed by atoms with Gasteiger partial charge in [0.05, 0.1) is 0 Å². The van der Waals surface area contributed by atoms with Gasteiger partial charge in [-0.25, -0.2) is 4.98 Å². The van der Waals surface area contributed by atoms with Crippen LogP contribution in [0.15, 0.2) is 30.3 Å². The molecule has 1 aromatic heterocycles. The molecule has 0 fully saturated rings. The lowest BCUT2D eigenvalue weighted by Crippen LogP contribution is -2.31. The summed E-state index contributed by atoms with van der Waals surface area (Å²) < 4.78 is 0. The van der Waals surface area contributed by atoms with Crippen molar-refractivity contribution in [3.8, 4) is 6.07 Å². The quantitative estimate of drug-likeness (QED) is 0.885. The van der Waals surface area contributed by atoms with Gasteiger partial charge in [-0.15, -0.1) is 0 Å². The van der Waals surface area contributed by atoms with Gasteiger partial charge in [-0.05, 0) is 32.3 Å². The SMILES string of the molecule is CC(C)(CCc1ccccc1)Nc1nc(Cl)c(C#N)s1. The predicted octanol–water partition coefficient (Wildman–Crippen LogP) is 4.49. The molecule has 20 heavy (non-hydrogen) atoms. The molecular weight excluding hydrogens is 290 g/mol. The van der Waals surface area contributed by atoms with Crippen molar-refractivity contribution >= 4 is 28.1 Å². The highest BCUT2D eigenvalue weighted by Gasteiger charge is 2.20. The van der Waals surface area contributed by atoms with E-state index in [9.17, 15) is 0 Å². The molecule has 1 aromatic carbocycles. The van der Waals surface area contributed by atoms with Crippen LogP contribution in [0.1, 0.15) is 30.7 Å². The number of halogens is 1. The molecule has 3 nitrogen and oxygen atoms in total. The Labute approximate surface area is 128 Å². The molecular formula is C15H16ClN3S. The molecule has 0 amide bonds. The molecule has 0 radical (unpaired) electrons. The minimum absolute atomic E-state index is 0.107. The van der Waals surface area contributed by atoms with Crippen LogP contribution in [0.25, 0.3) is 0 Å². The first-order valence-electron chi connectivity index (χ1n) is 6.39. The van der Waals surface area contributed by atoms with E-state index in [0.29, 0.717) is 10.0 Å². The Morgan fingerprint density at radius 1 is 1.35 bits per heavy atom. The summed E-state index contributed by atoms with van der Waals surface area (Å²) in [5.74, 6) is 0. The largest absolute Gasteiger partial charge is 0.357 e. The van der Waals surface area contributed by atoms with Crippen molar-refractivity contribution in [1.29, 1.82) is 5.26 Å². The van der Waals surface area contributed by atoms with Gasteiger partial charge in [0.2, 0.25) is 0 Å². The lowest BCUT2D eigenvalue weighted by atomic mass is 9.95. The molecule has 1 N–H and O–H groups in total. The van der Waals surface area contributed by atoms with Gasteiger partial charge in [0.15, 0.2) is 10.3 Å². The average molecular weight is 306 g/mol. The van der Waals surface area contributed by atoms with Gasteiger partial charge >= 0.3 is 0 Å². The first-order chi connectivity index (χ1) is 9.50. The third-order valence-corrected chi connectivity index (χ3v) is 4.28. The molecule has 5 heteroatoms. The second-order valence-corrected chi connectivity index (χ2v) is 6.60. The number of aryl methyl sites for hydroxylation is 1. The zero-order chi connectivity index (χ0) is 14.6. The first-order valence-corrected chi connectivity index (χ1v) is 7.58. The summed E-state index contributed by atoms with van der Waals surface area (Å²) in [5.41, 5.74) is 1.21. The summed E-state index contributed by atoms with van der Waals surface area (Å²) >= 11 is 7.18. The van der Waals surface area contributed by atoms with Crippen LogP contribution in [0.2, 0.25) is 5.15 Å². The minimum Gasteiger partial charge on any atom is -0.357 e. The van der Waals surface area contributed by atoms with Crippen LogP contribution in [0.3, 0.4) is 0 Å². The van der Waals surface area contributed by atoms with Crippen molar-refractivity contribution < 1.29 is 0 Å². The van der Waals surface area contributed by atoms with Gasteiger partial charge in [0.25, 0.3) is 0 Å². The Morgan fingerprint density at radius 3 is 2.65 bits per heavy atom. The summed E-state index contributed by atoms with van der Waals surface area (Å²) in [5, 5.41) is 13.2. The monoisotopic (exact) mass is 305 g/mol. The molecule has 0 saturated heterocycles. The average Bonchev–Trinajstić information content (AvgIpc) is 2.77. The predicted molar refractivity (Wildman–Crippen MR) is 84.3 cm³/mol. The van der Waals surface area contributed by atoms with Gasteiger partial charge in [0, 0.05) is 5.54 Å². The number of nitriles is 1. The standard InChI is InChI=1S/C15H16ClN3S/c1-15(2,9-8-11-6-4-3-5-7-11)19-14-18-13(16)12(10-17)20-14/h3-7H,8-9H2,1-2H3,(H,18,19). The molecule has 2 aromatic rings. The van der Waals surface area contributed by atoms with Crippen LogP contribution in [-0.4, -0.2) is 10.5 Å². The van der Waals surface area contributed by atoms with Gasteiger partial charge in [-0.2, -0.15) is 5.26 Å². The van der Waals surface area contributed by atoms with Crippen molar-refractivity contribution in [2.24, 2.45) is 0 Å². The van der Waals surface area contributed by atoms with E-state index in [1.807, 2.05) is 12.1 Å². The lowest BCUT2D eigenvalue weighted by molar-refractivity contribution is 0.518. The molecule has 2 rings (SSSR count). The van der Waals surface area contributed by atoms with Crippen molar-refractivity contribution in [3.63, 3.8) is 0 Å². The first kappa shape index (κ1) is 14.8. The van der Waals surface area contributed by atoms with Gasteiger partial charge in [-0.3, -0.25) is 0 Å². The Kier molecular flexibility index (Phi) is 4.64. The number of hydrogen-bond acceptors (Lipinski definition) is 4. The summed E-state index contributed by atoms with van der Waals surface area (Å²) in [6.45, 7) is 4.24. The van der Waals surface area contributed by atoms with Crippen molar-refractivity contribution in [2.75, 3.05) is 5.32 Å². The summed E-state index contributed by atoms with van der Waals surface area (Å²) in [7, 11) is 0. The number of benzene rings is 1. The maximum Gasteiger partial charge on any atom is 0.185 e. The van der Waals surface area contributed by atoms with Gasteiger partial charge in [0.1, 0.15) is 10.9 Å². The molecule has 104 valence electrons. The second kappa shape index (κ2) is 6.25. The molecule has 0 spiro atoms. The normalized spacial score (nSPS) is 11.1. The number of thiazole rings is 1. The minimum atomic E-state index is -0.107. The molecule has 0 atom stereocenters. The van der Waals surface area contributed by atoms with E-state index >= 15 is 0 Å². The smallest absolute Gasteiger partial charge is 0.185 e. The number of nitrogens with zero attached hydrogens (tertiary/aromatic N) is 2. The molecule has 0 aliphatic heterocycles. The van der Waals surface area contributed by atoms with Crippen LogP contribution in [-0.2, 0) is 6.42 Å². The van der Waals surface area contributed by atoms with Crippen LogP contribution < -0.4 is 5.32 Å². The molecule has 0 aliphatic carbocycles. The van der Waals surface area contributed by atoms with Crippen molar-refractivity contribution in [2.45, 2.75) is 32.2 Å². The molecule has 0 aliphatic rings. The number of hydrogen-bond donors (Lipinski definition) is 1. The lowest BCUT2D eigenvalue weighted by Gasteiger charge is -2.26. The number of aromatic nitrogens is 1. The Morgan fingerprint density at radius 2 is 2.05 bits per heavy atom. The van der Waals surface area contributed by atoms with E-state index in [2.05, 4.69) is 48.4 Å². The zero-order valence-corrected chi connectivity index (χ0v) is 13.1. The maximum absolute atomic E-state index is 8.89. The summed E-state index contributed by atoms with van der Waals surface area (Å²) in [6, 6.07) is 12.4. The number of rotatable bonds is 5. The van der Waals surface area contributed by atoms with Crippen molar-refractivity contribution in [3.05, 3.63) is 45.9 Å². The van der Waals surface area contributed by atoms with Crippen LogP contribution >= 0.6 is 22.9 Å². The Hall–Kier alpha value is -1.57. The van der Waals surface area contributed by atoms with Crippen molar-refractivity contribution in [1.82, 2.24) is 4.98 Å². The second-order valence-electron chi connectivity index (χ2n) is 5.25. The van der Waals surface area contributed by atoms with E-state index in [0.717, 1.165) is 12.8 Å². The molecule has 1 heterocycles. The van der Waals surface area contributed by atoms with E-state index < -0.39 is 0 Å². The van der Waals surface area contributed by atoms with Crippen LogP contribution in [0.4, 0.5) is 5.13 Å². The molecule has 0 bridgehead atoms. The van der Waals surface area contributed by atoms with Crippen LogP contribution in [0, 0.1) is 11.3 Å². The van der Waals surface area contributed by atoms with E-state index in [-0.39, 0.29) is 10.7 Å². The van der Waals surface area contributed by atoms with Gasteiger partial charge in [-0.1, -0.05) is 53.3 Å². The Bertz CT molecular complexity index is 614. The fourth-order valence-electron chi connectivity index (χ4n) is 1.88. The highest BCUT2D eigenvalue weighted by atomic mass is 35.5. The molecule has 0 unspecified atom stereocenters.